The quantitative estimate of drug-likeness (QED) is 0.160. The molecule has 1 aliphatic heterocycles. The predicted molar refractivity (Wildman–Crippen MR) is 265 cm³/mol. The van der Waals surface area contributed by atoms with Gasteiger partial charge in [-0.15, -0.1) is 0 Å². The summed E-state index contributed by atoms with van der Waals surface area (Å²) in [6.07, 6.45) is 1.91. The molecular formula is C58H50N4O2. The van der Waals surface area contributed by atoms with Gasteiger partial charge in [0, 0.05) is 45.9 Å². The van der Waals surface area contributed by atoms with E-state index < -0.39 is 0 Å². The maximum Gasteiger partial charge on any atom is 0.161 e. The second-order valence-corrected chi connectivity index (χ2v) is 18.9. The first-order valence-corrected chi connectivity index (χ1v) is 22.1. The normalized spacial score (nSPS) is 13.0. The maximum atomic E-state index is 6.81. The van der Waals surface area contributed by atoms with Crippen molar-refractivity contribution in [2.75, 3.05) is 16.5 Å². The van der Waals surface area contributed by atoms with Crippen molar-refractivity contribution in [1.82, 2.24) is 9.55 Å². The predicted octanol–water partition coefficient (Wildman–Crippen LogP) is 15.9. The van der Waals surface area contributed by atoms with E-state index in [0.29, 0.717) is 6.67 Å². The fourth-order valence-electron chi connectivity index (χ4n) is 9.27. The van der Waals surface area contributed by atoms with Crippen LogP contribution in [0.1, 0.15) is 52.7 Å². The monoisotopic (exact) mass is 834 g/mol. The molecule has 0 saturated heterocycles. The van der Waals surface area contributed by atoms with E-state index in [-0.39, 0.29) is 10.8 Å². The molecular weight excluding hydrogens is 785 g/mol. The fraction of sp³-hybridized carbons (Fsp3) is 0.155. The van der Waals surface area contributed by atoms with Crippen LogP contribution in [0.15, 0.2) is 187 Å². The van der Waals surface area contributed by atoms with Crippen molar-refractivity contribution in [2.24, 2.45) is 0 Å². The van der Waals surface area contributed by atoms with Crippen molar-refractivity contribution in [3.05, 3.63) is 193 Å². The van der Waals surface area contributed by atoms with Crippen LogP contribution in [0.2, 0.25) is 0 Å². The van der Waals surface area contributed by atoms with Crippen LogP contribution in [0.3, 0.4) is 0 Å². The van der Waals surface area contributed by atoms with E-state index in [0.717, 1.165) is 67.4 Å². The topological polar surface area (TPSA) is 46.7 Å². The van der Waals surface area contributed by atoms with Crippen LogP contribution in [0.25, 0.3) is 61.0 Å². The Bertz CT molecular complexity index is 3310. The molecule has 0 spiro atoms. The van der Waals surface area contributed by atoms with Gasteiger partial charge in [0.15, 0.2) is 5.58 Å². The molecule has 6 nitrogen and oxygen atoms in total. The lowest BCUT2D eigenvalue weighted by Gasteiger charge is -2.30. The van der Waals surface area contributed by atoms with E-state index in [1.54, 1.807) is 0 Å². The molecule has 0 radical (unpaired) electrons. The second-order valence-electron chi connectivity index (χ2n) is 18.9. The molecule has 4 heterocycles. The molecule has 10 aromatic rings. The van der Waals surface area contributed by atoms with Crippen molar-refractivity contribution in [1.29, 1.82) is 0 Å². The first-order chi connectivity index (χ1) is 31.0. The molecule has 1 aliphatic rings. The van der Waals surface area contributed by atoms with Gasteiger partial charge in [-0.3, -0.25) is 4.57 Å². The Labute approximate surface area is 374 Å². The summed E-state index contributed by atoms with van der Waals surface area (Å²) in [7, 11) is 0. The summed E-state index contributed by atoms with van der Waals surface area (Å²) in [6.45, 7) is 14.2. The molecule has 0 unspecified atom stereocenters. The minimum absolute atomic E-state index is 0.0460. The molecule has 6 heteroatoms. The zero-order valence-corrected chi connectivity index (χ0v) is 37.1. The van der Waals surface area contributed by atoms with Crippen molar-refractivity contribution in [3.63, 3.8) is 0 Å². The van der Waals surface area contributed by atoms with E-state index in [4.69, 9.17) is 14.1 Å². The number of hydrogen-bond donors (Lipinski definition) is 0. The molecule has 0 amide bonds. The largest absolute Gasteiger partial charge is 0.457 e. The van der Waals surface area contributed by atoms with Crippen LogP contribution < -0.4 is 14.5 Å². The van der Waals surface area contributed by atoms with Gasteiger partial charge in [-0.05, 0) is 106 Å². The van der Waals surface area contributed by atoms with Gasteiger partial charge in [0.05, 0.1) is 22.6 Å². The fourth-order valence-corrected chi connectivity index (χ4v) is 9.27. The first-order valence-electron chi connectivity index (χ1n) is 22.1. The summed E-state index contributed by atoms with van der Waals surface area (Å²) in [6, 6.07) is 62.4. The van der Waals surface area contributed by atoms with Gasteiger partial charge in [0.25, 0.3) is 0 Å². The van der Waals surface area contributed by atoms with Crippen LogP contribution in [-0.4, -0.2) is 16.2 Å². The number of benzene rings is 7. The van der Waals surface area contributed by atoms with Crippen molar-refractivity contribution >= 4 is 55.7 Å². The zero-order valence-electron chi connectivity index (χ0n) is 37.1. The third kappa shape index (κ3) is 6.78. The molecule has 0 saturated carbocycles. The summed E-state index contributed by atoms with van der Waals surface area (Å²) in [5.74, 6) is 2.32. The standard InChI is InChI=1S/C58H50N4O2/c1-57(2,3)40-30-31-59-53(34-40)62-51-36-44(28-29-45(51)56-55(62)46-24-13-16-27-52(46)64-56)63-43-23-17-22-42(35-43)60-37-61(50-26-15-14-25-49(50)60)54-47(38-18-9-7-10-19-38)32-41(58(4,5)6)33-48(54)39-20-11-8-12-21-39/h7-36H,37H2,1-6H3. The summed E-state index contributed by atoms with van der Waals surface area (Å²) >= 11 is 0. The van der Waals surface area contributed by atoms with Crippen LogP contribution in [0, 0.1) is 0 Å². The van der Waals surface area contributed by atoms with Gasteiger partial charge in [-0.25, -0.2) is 4.98 Å². The molecule has 0 bridgehead atoms. The van der Waals surface area contributed by atoms with Gasteiger partial charge in [-0.2, -0.15) is 0 Å². The molecule has 7 aromatic carbocycles. The summed E-state index contributed by atoms with van der Waals surface area (Å²) < 4.78 is 15.6. The van der Waals surface area contributed by atoms with Gasteiger partial charge in [0.2, 0.25) is 0 Å². The number of furan rings is 1. The number of hydrogen-bond acceptors (Lipinski definition) is 5. The Hall–Kier alpha value is -7.57. The van der Waals surface area contributed by atoms with Crippen LogP contribution >= 0.6 is 0 Å². The third-order valence-corrected chi connectivity index (χ3v) is 12.6. The van der Waals surface area contributed by atoms with Crippen LogP contribution in [0.4, 0.5) is 22.7 Å². The number of ether oxygens (including phenoxy) is 1. The lowest BCUT2D eigenvalue weighted by Crippen LogP contribution is -2.25. The summed E-state index contributed by atoms with van der Waals surface area (Å²) in [5.41, 5.74) is 15.4. The molecule has 3 aromatic heterocycles. The highest BCUT2D eigenvalue weighted by molar-refractivity contribution is 6.16. The van der Waals surface area contributed by atoms with Crippen LogP contribution in [0.5, 0.6) is 11.5 Å². The molecule has 0 aliphatic carbocycles. The van der Waals surface area contributed by atoms with Gasteiger partial charge >= 0.3 is 0 Å². The molecule has 0 atom stereocenters. The molecule has 0 N–H and O–H groups in total. The Balaban J connectivity index is 1.00. The highest BCUT2D eigenvalue weighted by Crippen LogP contribution is 2.51. The van der Waals surface area contributed by atoms with E-state index in [2.05, 4.69) is 208 Å². The Morgan fingerprint density at radius 1 is 0.531 bits per heavy atom. The van der Waals surface area contributed by atoms with E-state index >= 15 is 0 Å². The molecule has 11 rings (SSSR count). The Kier molecular flexibility index (Phi) is 9.24. The zero-order chi connectivity index (χ0) is 43.7. The molecule has 64 heavy (non-hydrogen) atoms. The van der Waals surface area contributed by atoms with Crippen molar-refractivity contribution in [3.8, 4) is 39.6 Å². The lowest BCUT2D eigenvalue weighted by atomic mass is 9.82. The number of anilines is 4. The number of nitrogens with zero attached hydrogens (tertiary/aromatic N) is 4. The number of rotatable bonds is 7. The summed E-state index contributed by atoms with van der Waals surface area (Å²) in [4.78, 5) is 9.81. The third-order valence-electron chi connectivity index (χ3n) is 12.6. The lowest BCUT2D eigenvalue weighted by molar-refractivity contribution is 0.483. The second kappa shape index (κ2) is 15.1. The Morgan fingerprint density at radius 2 is 1.16 bits per heavy atom. The van der Waals surface area contributed by atoms with E-state index in [1.165, 1.54) is 39.1 Å². The summed E-state index contributed by atoms with van der Waals surface area (Å²) in [5, 5.41) is 2.05. The number of aromatic nitrogens is 2. The highest BCUT2D eigenvalue weighted by Gasteiger charge is 2.33. The SMILES string of the molecule is CC(C)(C)c1ccnc(-n2c3cc(Oc4cccc(N5CN(c6c(-c7ccccc7)cc(C(C)(C)C)cc6-c6ccccc6)c6ccccc65)c4)ccc3c3oc4ccccc4c32)c1. The first kappa shape index (κ1) is 39.3. The number of para-hydroxylation sites is 3. The van der Waals surface area contributed by atoms with Gasteiger partial charge in [-0.1, -0.05) is 133 Å². The number of pyridine rings is 1. The van der Waals surface area contributed by atoms with Gasteiger partial charge < -0.3 is 19.0 Å². The minimum Gasteiger partial charge on any atom is -0.457 e. The Morgan fingerprint density at radius 3 is 1.84 bits per heavy atom. The molecule has 0 fully saturated rings. The maximum absolute atomic E-state index is 6.81. The van der Waals surface area contributed by atoms with Crippen molar-refractivity contribution < 1.29 is 9.15 Å². The van der Waals surface area contributed by atoms with E-state index in [9.17, 15) is 0 Å². The van der Waals surface area contributed by atoms with Gasteiger partial charge in [0.1, 0.15) is 35.1 Å². The number of fused-ring (bicyclic) bond motifs is 6. The average molecular weight is 835 g/mol. The average Bonchev–Trinajstić information content (AvgIpc) is 3.98. The molecule has 314 valence electrons. The van der Waals surface area contributed by atoms with Crippen molar-refractivity contribution in [2.45, 2.75) is 52.4 Å². The minimum atomic E-state index is -0.0535. The van der Waals surface area contributed by atoms with E-state index in [1.807, 2.05) is 30.5 Å². The smallest absolute Gasteiger partial charge is 0.161 e. The highest BCUT2D eigenvalue weighted by atomic mass is 16.5. The van der Waals surface area contributed by atoms with Crippen LogP contribution in [-0.2, 0) is 10.8 Å².